The highest BCUT2D eigenvalue weighted by molar-refractivity contribution is 6.39. The molecule has 0 saturated carbocycles. The zero-order valence-corrected chi connectivity index (χ0v) is 11.3. The topological polar surface area (TPSA) is 34.1 Å². The molecular weight excluding hydrogens is 260 g/mol. The van der Waals surface area contributed by atoms with Crippen LogP contribution in [0.25, 0.3) is 0 Å². The van der Waals surface area contributed by atoms with E-state index < -0.39 is 0 Å². The highest BCUT2D eigenvalue weighted by atomic mass is 35.5. The highest BCUT2D eigenvalue weighted by Crippen LogP contribution is 2.35. The molecule has 0 unspecified atom stereocenters. The first-order valence-corrected chi connectivity index (χ1v) is 6.38. The van der Waals surface area contributed by atoms with Crippen LogP contribution >= 0.6 is 11.6 Å². The zero-order chi connectivity index (χ0) is 13.7. The van der Waals surface area contributed by atoms with Gasteiger partial charge in [0.1, 0.15) is 0 Å². The first-order valence-electron chi connectivity index (χ1n) is 6.00. The maximum absolute atomic E-state index is 12.5. The number of carbonyl (C=O) groups excluding carboxylic acids is 2. The maximum atomic E-state index is 12.5. The fourth-order valence-electron chi connectivity index (χ4n) is 2.44. The van der Waals surface area contributed by atoms with Gasteiger partial charge < -0.3 is 0 Å². The van der Waals surface area contributed by atoms with Crippen LogP contribution in [-0.4, -0.2) is 11.6 Å². The monoisotopic (exact) mass is 270 g/mol. The van der Waals surface area contributed by atoms with E-state index in [-0.39, 0.29) is 11.6 Å². The quantitative estimate of drug-likeness (QED) is 0.624. The number of halogens is 1. The summed E-state index contributed by atoms with van der Waals surface area (Å²) in [6.45, 7) is 3.75. The van der Waals surface area contributed by atoms with Crippen LogP contribution in [0.3, 0.4) is 0 Å². The van der Waals surface area contributed by atoms with E-state index in [1.807, 2.05) is 13.8 Å². The van der Waals surface area contributed by atoms with Crippen LogP contribution in [-0.2, 0) is 0 Å². The summed E-state index contributed by atoms with van der Waals surface area (Å²) >= 11 is 6.27. The van der Waals surface area contributed by atoms with Crippen molar-refractivity contribution in [1.82, 2.24) is 0 Å². The van der Waals surface area contributed by atoms with Gasteiger partial charge in [0.2, 0.25) is 0 Å². The predicted molar refractivity (Wildman–Crippen MR) is 74.2 cm³/mol. The van der Waals surface area contributed by atoms with Crippen molar-refractivity contribution in [2.24, 2.45) is 0 Å². The van der Waals surface area contributed by atoms with Gasteiger partial charge in [-0.1, -0.05) is 35.9 Å². The summed E-state index contributed by atoms with van der Waals surface area (Å²) in [5.41, 5.74) is 3.42. The lowest BCUT2D eigenvalue weighted by molar-refractivity contribution is 0.0979. The minimum atomic E-state index is -0.168. The second kappa shape index (κ2) is 4.04. The van der Waals surface area contributed by atoms with E-state index in [9.17, 15) is 9.59 Å². The van der Waals surface area contributed by atoms with Crippen molar-refractivity contribution in [1.29, 1.82) is 0 Å². The largest absolute Gasteiger partial charge is 0.289 e. The number of carbonyl (C=O) groups is 2. The van der Waals surface area contributed by atoms with Gasteiger partial charge in [-0.25, -0.2) is 0 Å². The number of fused-ring (bicyclic) bond motifs is 2. The molecule has 2 aromatic rings. The molecule has 1 aliphatic carbocycles. The van der Waals surface area contributed by atoms with Gasteiger partial charge in [0.05, 0.1) is 10.6 Å². The first kappa shape index (κ1) is 12.1. The Morgan fingerprint density at radius 1 is 0.895 bits per heavy atom. The number of rotatable bonds is 0. The zero-order valence-electron chi connectivity index (χ0n) is 10.6. The Morgan fingerprint density at radius 2 is 1.47 bits per heavy atom. The number of benzene rings is 2. The van der Waals surface area contributed by atoms with Crippen molar-refractivity contribution in [2.45, 2.75) is 13.8 Å². The first-order chi connectivity index (χ1) is 9.02. The smallest absolute Gasteiger partial charge is 0.196 e. The molecule has 0 atom stereocenters. The highest BCUT2D eigenvalue weighted by Gasteiger charge is 2.32. The molecule has 0 amide bonds. The molecule has 0 N–H and O–H groups in total. The Balaban J connectivity index is 2.40. The molecule has 3 heteroatoms. The lowest BCUT2D eigenvalue weighted by atomic mass is 9.82. The second-order valence-corrected chi connectivity index (χ2v) is 5.14. The van der Waals surface area contributed by atoms with Crippen molar-refractivity contribution in [3.05, 3.63) is 68.7 Å². The van der Waals surface area contributed by atoms with Crippen molar-refractivity contribution < 1.29 is 9.59 Å². The fourth-order valence-corrected chi connectivity index (χ4v) is 2.77. The molecule has 0 aliphatic heterocycles. The minimum Gasteiger partial charge on any atom is -0.289 e. The average molecular weight is 271 g/mol. The van der Waals surface area contributed by atoms with Crippen molar-refractivity contribution >= 4 is 23.2 Å². The van der Waals surface area contributed by atoms with Gasteiger partial charge in [0, 0.05) is 16.7 Å². The van der Waals surface area contributed by atoms with Crippen molar-refractivity contribution in [3.63, 3.8) is 0 Å². The molecule has 94 valence electrons. The summed E-state index contributed by atoms with van der Waals surface area (Å²) in [4.78, 5) is 25.0. The van der Waals surface area contributed by atoms with Crippen LogP contribution in [0.1, 0.15) is 43.0 Å². The lowest BCUT2D eigenvalue weighted by Crippen LogP contribution is -2.22. The van der Waals surface area contributed by atoms with Crippen LogP contribution < -0.4 is 0 Å². The van der Waals surface area contributed by atoms with E-state index in [0.717, 1.165) is 11.1 Å². The standard InChI is InChI=1S/C16H11ClO2/c1-8-7-12-13(14(17)9(8)2)16(19)11-6-4-3-5-10(11)15(12)18/h3-7H,1-2H3. The lowest BCUT2D eigenvalue weighted by Gasteiger charge is -2.20. The van der Waals surface area contributed by atoms with Gasteiger partial charge in [-0.3, -0.25) is 9.59 Å². The maximum Gasteiger partial charge on any atom is 0.196 e. The summed E-state index contributed by atoms with van der Waals surface area (Å²) in [5.74, 6) is -0.298. The van der Waals surface area contributed by atoms with E-state index in [1.165, 1.54) is 0 Å². The molecule has 1 aliphatic rings. The molecule has 2 nitrogen and oxygen atoms in total. The second-order valence-electron chi connectivity index (χ2n) is 4.76. The molecular formula is C16H11ClO2. The number of ketones is 2. The molecule has 2 aromatic carbocycles. The fraction of sp³-hybridized carbons (Fsp3) is 0.125. The SMILES string of the molecule is Cc1cc2c(c(Cl)c1C)C(=O)c1ccccc1C2=O. The van der Waals surface area contributed by atoms with Crippen LogP contribution in [0.2, 0.25) is 5.02 Å². The van der Waals surface area contributed by atoms with E-state index >= 15 is 0 Å². The normalized spacial score (nSPS) is 13.2. The third-order valence-corrected chi connectivity index (χ3v) is 4.13. The van der Waals surface area contributed by atoms with Crippen LogP contribution in [0.5, 0.6) is 0 Å². The summed E-state index contributed by atoms with van der Waals surface area (Å²) in [7, 11) is 0. The Kier molecular flexibility index (Phi) is 2.58. The molecule has 0 aromatic heterocycles. The number of aryl methyl sites for hydroxylation is 1. The summed E-state index contributed by atoms with van der Waals surface area (Å²) < 4.78 is 0. The molecule has 0 bridgehead atoms. The Labute approximate surface area is 116 Å². The molecule has 0 spiro atoms. The van der Waals surface area contributed by atoms with Crippen LogP contribution in [0.15, 0.2) is 30.3 Å². The Morgan fingerprint density at radius 3 is 2.11 bits per heavy atom. The molecule has 0 radical (unpaired) electrons. The van der Waals surface area contributed by atoms with E-state index in [0.29, 0.717) is 27.3 Å². The van der Waals surface area contributed by atoms with Gasteiger partial charge in [-0.05, 0) is 31.0 Å². The van der Waals surface area contributed by atoms with E-state index in [1.54, 1.807) is 30.3 Å². The molecule has 3 rings (SSSR count). The molecule has 0 saturated heterocycles. The van der Waals surface area contributed by atoms with Gasteiger partial charge in [0.25, 0.3) is 0 Å². The molecule has 19 heavy (non-hydrogen) atoms. The number of hydrogen-bond donors (Lipinski definition) is 0. The van der Waals surface area contributed by atoms with E-state index in [2.05, 4.69) is 0 Å². The minimum absolute atomic E-state index is 0.129. The van der Waals surface area contributed by atoms with Crippen LogP contribution in [0, 0.1) is 13.8 Å². The third kappa shape index (κ3) is 1.57. The molecule has 0 heterocycles. The summed E-state index contributed by atoms with van der Waals surface area (Å²) in [6, 6.07) is 8.62. The predicted octanol–water partition coefficient (Wildman–Crippen LogP) is 3.73. The third-order valence-electron chi connectivity index (χ3n) is 3.66. The summed E-state index contributed by atoms with van der Waals surface area (Å²) in [6.07, 6.45) is 0. The van der Waals surface area contributed by atoms with Crippen molar-refractivity contribution in [2.75, 3.05) is 0 Å². The van der Waals surface area contributed by atoms with Crippen LogP contribution in [0.4, 0.5) is 0 Å². The van der Waals surface area contributed by atoms with Gasteiger partial charge in [-0.15, -0.1) is 0 Å². The van der Waals surface area contributed by atoms with Gasteiger partial charge >= 0.3 is 0 Å². The average Bonchev–Trinajstić information content (AvgIpc) is 2.42. The molecule has 0 fully saturated rings. The van der Waals surface area contributed by atoms with Crippen molar-refractivity contribution in [3.8, 4) is 0 Å². The summed E-state index contributed by atoms with van der Waals surface area (Å²) in [5, 5.41) is 0.392. The van der Waals surface area contributed by atoms with E-state index in [4.69, 9.17) is 11.6 Å². The Bertz CT molecular complexity index is 745. The number of hydrogen-bond acceptors (Lipinski definition) is 2. The Hall–Kier alpha value is -1.93. The van der Waals surface area contributed by atoms with Gasteiger partial charge in [-0.2, -0.15) is 0 Å². The van der Waals surface area contributed by atoms with Gasteiger partial charge in [0.15, 0.2) is 11.6 Å².